The van der Waals surface area contributed by atoms with Crippen molar-refractivity contribution in [3.8, 4) is 0 Å². The van der Waals surface area contributed by atoms with Crippen LogP contribution in [0, 0.1) is 0 Å². The van der Waals surface area contributed by atoms with E-state index in [0.717, 1.165) is 0 Å². The number of benzene rings is 1. The van der Waals surface area contributed by atoms with Crippen molar-refractivity contribution in [2.45, 2.75) is 0 Å². The van der Waals surface area contributed by atoms with Crippen molar-refractivity contribution >= 4 is 41.2 Å². The fourth-order valence-electron chi connectivity index (χ4n) is 1.45. The van der Waals surface area contributed by atoms with E-state index < -0.39 is 5.97 Å². The van der Waals surface area contributed by atoms with Gasteiger partial charge in [0.25, 0.3) is 0 Å². The molecule has 7 heteroatoms. The lowest BCUT2D eigenvalue weighted by Crippen LogP contribution is -2.04. The SMILES string of the molecule is O=C(O)c1cccnc1N/N=C/c1cccc(Cl)c1Cl. The number of nitrogens with one attached hydrogen (secondary N) is 1. The predicted molar refractivity (Wildman–Crippen MR) is 78.9 cm³/mol. The maximum atomic E-state index is 11.0. The van der Waals surface area contributed by atoms with Crippen LogP contribution in [0.3, 0.4) is 0 Å². The van der Waals surface area contributed by atoms with Gasteiger partial charge in [-0.3, -0.25) is 5.43 Å². The van der Waals surface area contributed by atoms with Crippen LogP contribution >= 0.6 is 23.2 Å². The number of nitrogens with zero attached hydrogens (tertiary/aromatic N) is 2. The molecule has 0 saturated heterocycles. The molecule has 0 atom stereocenters. The van der Waals surface area contributed by atoms with Crippen LogP contribution in [-0.2, 0) is 0 Å². The zero-order valence-electron chi connectivity index (χ0n) is 10.0. The number of rotatable bonds is 4. The summed E-state index contributed by atoms with van der Waals surface area (Å²) >= 11 is 11.9. The van der Waals surface area contributed by atoms with Gasteiger partial charge in [-0.2, -0.15) is 5.10 Å². The minimum absolute atomic E-state index is 0.0295. The van der Waals surface area contributed by atoms with Crippen LogP contribution < -0.4 is 5.43 Å². The van der Waals surface area contributed by atoms with Crippen molar-refractivity contribution < 1.29 is 9.90 Å². The van der Waals surface area contributed by atoms with Crippen LogP contribution in [0.1, 0.15) is 15.9 Å². The minimum Gasteiger partial charge on any atom is -0.478 e. The molecule has 0 unspecified atom stereocenters. The van der Waals surface area contributed by atoms with E-state index in [1.165, 1.54) is 24.5 Å². The number of anilines is 1. The molecule has 0 radical (unpaired) electrons. The zero-order valence-corrected chi connectivity index (χ0v) is 11.6. The first-order valence-corrected chi connectivity index (χ1v) is 6.26. The molecule has 0 bridgehead atoms. The lowest BCUT2D eigenvalue weighted by Gasteiger charge is -2.03. The van der Waals surface area contributed by atoms with E-state index in [1.54, 1.807) is 18.2 Å². The molecule has 102 valence electrons. The maximum absolute atomic E-state index is 11.0. The van der Waals surface area contributed by atoms with Gasteiger partial charge in [-0.05, 0) is 18.2 Å². The fourth-order valence-corrected chi connectivity index (χ4v) is 1.81. The van der Waals surface area contributed by atoms with E-state index in [-0.39, 0.29) is 11.4 Å². The number of pyridine rings is 1. The number of carbonyl (C=O) groups is 1. The summed E-state index contributed by atoms with van der Waals surface area (Å²) in [6.45, 7) is 0. The van der Waals surface area contributed by atoms with Gasteiger partial charge in [-0.25, -0.2) is 9.78 Å². The average molecular weight is 310 g/mol. The number of aromatic carboxylic acids is 1. The van der Waals surface area contributed by atoms with E-state index in [2.05, 4.69) is 15.5 Å². The highest BCUT2D eigenvalue weighted by Crippen LogP contribution is 2.24. The number of hydrazone groups is 1. The Morgan fingerprint density at radius 3 is 2.85 bits per heavy atom. The highest BCUT2D eigenvalue weighted by atomic mass is 35.5. The maximum Gasteiger partial charge on any atom is 0.339 e. The van der Waals surface area contributed by atoms with E-state index in [0.29, 0.717) is 15.6 Å². The molecular weight excluding hydrogens is 301 g/mol. The van der Waals surface area contributed by atoms with Crippen molar-refractivity contribution in [3.63, 3.8) is 0 Å². The first-order chi connectivity index (χ1) is 9.59. The molecule has 0 aliphatic carbocycles. The van der Waals surface area contributed by atoms with Crippen molar-refractivity contribution in [3.05, 3.63) is 57.7 Å². The Hall–Kier alpha value is -2.11. The lowest BCUT2D eigenvalue weighted by atomic mass is 10.2. The zero-order chi connectivity index (χ0) is 14.5. The molecule has 0 aliphatic rings. The van der Waals surface area contributed by atoms with Crippen LogP contribution in [0.5, 0.6) is 0 Å². The smallest absolute Gasteiger partial charge is 0.339 e. The number of carboxylic acid groups (broad SMARTS) is 1. The Balaban J connectivity index is 2.19. The molecule has 2 aromatic rings. The quantitative estimate of drug-likeness (QED) is 0.669. The second-order valence-electron chi connectivity index (χ2n) is 3.72. The van der Waals surface area contributed by atoms with Gasteiger partial charge in [-0.1, -0.05) is 35.3 Å². The topological polar surface area (TPSA) is 74.6 Å². The van der Waals surface area contributed by atoms with Gasteiger partial charge in [-0.15, -0.1) is 0 Å². The molecule has 0 spiro atoms. The van der Waals surface area contributed by atoms with Crippen LogP contribution in [0.2, 0.25) is 10.0 Å². The first kappa shape index (κ1) is 14.3. The highest BCUT2D eigenvalue weighted by molar-refractivity contribution is 6.43. The lowest BCUT2D eigenvalue weighted by molar-refractivity contribution is 0.0697. The molecule has 0 saturated carbocycles. The normalized spacial score (nSPS) is 10.7. The predicted octanol–water partition coefficient (Wildman–Crippen LogP) is 3.53. The third-order valence-electron chi connectivity index (χ3n) is 2.39. The van der Waals surface area contributed by atoms with Gasteiger partial charge >= 0.3 is 5.97 Å². The molecule has 2 rings (SSSR count). The summed E-state index contributed by atoms with van der Waals surface area (Å²) in [5.74, 6) is -0.939. The summed E-state index contributed by atoms with van der Waals surface area (Å²) in [6.07, 6.45) is 2.91. The van der Waals surface area contributed by atoms with E-state index in [9.17, 15) is 4.79 Å². The van der Waals surface area contributed by atoms with Crippen molar-refractivity contribution in [2.75, 3.05) is 5.43 Å². The molecule has 0 amide bonds. The van der Waals surface area contributed by atoms with Gasteiger partial charge in [0.1, 0.15) is 5.56 Å². The number of hydrogen-bond donors (Lipinski definition) is 2. The Morgan fingerprint density at radius 1 is 1.30 bits per heavy atom. The summed E-state index contributed by atoms with van der Waals surface area (Å²) in [5.41, 5.74) is 3.21. The number of aromatic nitrogens is 1. The largest absolute Gasteiger partial charge is 0.478 e. The first-order valence-electron chi connectivity index (χ1n) is 5.51. The van der Waals surface area contributed by atoms with Crippen LogP contribution in [0.15, 0.2) is 41.6 Å². The molecule has 2 N–H and O–H groups in total. The molecular formula is C13H9Cl2N3O2. The van der Waals surface area contributed by atoms with Crippen molar-refractivity contribution in [1.29, 1.82) is 0 Å². The van der Waals surface area contributed by atoms with E-state index in [4.69, 9.17) is 28.3 Å². The Kier molecular flexibility index (Phi) is 4.55. The van der Waals surface area contributed by atoms with Crippen molar-refractivity contribution in [2.24, 2.45) is 5.10 Å². The molecule has 20 heavy (non-hydrogen) atoms. The third-order valence-corrected chi connectivity index (χ3v) is 3.23. The molecule has 0 aliphatic heterocycles. The molecule has 1 heterocycles. The van der Waals surface area contributed by atoms with E-state index in [1.807, 2.05) is 0 Å². The third kappa shape index (κ3) is 3.26. The number of hydrogen-bond acceptors (Lipinski definition) is 4. The Bertz CT molecular complexity index is 674. The van der Waals surface area contributed by atoms with Gasteiger partial charge < -0.3 is 5.11 Å². The van der Waals surface area contributed by atoms with Gasteiger partial charge in [0.05, 0.1) is 16.3 Å². The molecule has 1 aromatic carbocycles. The standard InChI is InChI=1S/C13H9Cl2N3O2/c14-10-5-1-3-8(11(10)15)7-17-18-12-9(13(19)20)4-2-6-16-12/h1-7H,(H,16,18)(H,19,20)/b17-7+. The van der Waals surface area contributed by atoms with Crippen molar-refractivity contribution in [1.82, 2.24) is 4.98 Å². The summed E-state index contributed by atoms with van der Waals surface area (Å²) < 4.78 is 0. The number of halogens is 2. The summed E-state index contributed by atoms with van der Waals surface area (Å²) in [6, 6.07) is 8.09. The molecule has 1 aromatic heterocycles. The van der Waals surface area contributed by atoms with Crippen LogP contribution in [-0.4, -0.2) is 22.3 Å². The monoisotopic (exact) mass is 309 g/mol. The molecule has 0 fully saturated rings. The van der Waals surface area contributed by atoms with E-state index >= 15 is 0 Å². The second-order valence-corrected chi connectivity index (χ2v) is 4.50. The summed E-state index contributed by atoms with van der Waals surface area (Å²) in [4.78, 5) is 14.9. The Labute approximate surface area is 124 Å². The van der Waals surface area contributed by atoms with Gasteiger partial charge in [0, 0.05) is 11.8 Å². The second kappa shape index (κ2) is 6.36. The summed E-state index contributed by atoms with van der Waals surface area (Å²) in [7, 11) is 0. The minimum atomic E-state index is -1.09. The summed E-state index contributed by atoms with van der Waals surface area (Å²) in [5, 5.41) is 13.7. The van der Waals surface area contributed by atoms with Gasteiger partial charge in [0.2, 0.25) is 0 Å². The van der Waals surface area contributed by atoms with Crippen LogP contribution in [0.25, 0.3) is 0 Å². The number of carboxylic acids is 1. The van der Waals surface area contributed by atoms with Crippen LogP contribution in [0.4, 0.5) is 5.82 Å². The Morgan fingerprint density at radius 2 is 2.10 bits per heavy atom. The van der Waals surface area contributed by atoms with Gasteiger partial charge in [0.15, 0.2) is 5.82 Å². The average Bonchev–Trinajstić information content (AvgIpc) is 2.44. The fraction of sp³-hybridized carbons (Fsp3) is 0. The highest BCUT2D eigenvalue weighted by Gasteiger charge is 2.09. The molecule has 5 nitrogen and oxygen atoms in total.